The topological polar surface area (TPSA) is 73.4 Å². The minimum atomic E-state index is -0.0566. The van der Waals surface area contributed by atoms with Crippen molar-refractivity contribution in [2.24, 2.45) is 0 Å². The molecule has 132 valence electrons. The molecule has 0 atom stereocenters. The minimum Gasteiger partial charge on any atom is -0.369 e. The molecular formula is C18H24N6O. The number of urea groups is 1. The smallest absolute Gasteiger partial charge is 0.321 e. The van der Waals surface area contributed by atoms with Gasteiger partial charge in [-0.25, -0.2) is 4.79 Å². The van der Waals surface area contributed by atoms with Crippen molar-refractivity contribution in [2.75, 3.05) is 48.3 Å². The maximum absolute atomic E-state index is 12.4. The number of hydrogen-bond acceptors (Lipinski definition) is 5. The van der Waals surface area contributed by atoms with Gasteiger partial charge in [-0.3, -0.25) is 0 Å². The van der Waals surface area contributed by atoms with Crippen molar-refractivity contribution < 1.29 is 4.79 Å². The molecule has 7 nitrogen and oxygen atoms in total. The van der Waals surface area contributed by atoms with Gasteiger partial charge in [-0.05, 0) is 43.7 Å². The number of nitrogens with zero attached hydrogens (tertiary/aromatic N) is 4. The molecule has 0 unspecified atom stereocenters. The Labute approximate surface area is 148 Å². The summed E-state index contributed by atoms with van der Waals surface area (Å²) in [7, 11) is 0. The predicted octanol–water partition coefficient (Wildman–Crippen LogP) is 2.57. The first kappa shape index (κ1) is 17.0. The van der Waals surface area contributed by atoms with Crippen LogP contribution in [0.1, 0.15) is 12.5 Å². The van der Waals surface area contributed by atoms with E-state index in [0.29, 0.717) is 13.1 Å². The number of nitrogens with one attached hydrogen (secondary N) is 2. The molecule has 25 heavy (non-hydrogen) atoms. The van der Waals surface area contributed by atoms with Crippen molar-refractivity contribution in [3.63, 3.8) is 0 Å². The fraction of sp³-hybridized carbons (Fsp3) is 0.389. The Morgan fingerprint density at radius 1 is 1.12 bits per heavy atom. The van der Waals surface area contributed by atoms with Gasteiger partial charge in [-0.15, -0.1) is 10.2 Å². The standard InChI is InChI=1S/C18H24N6O/c1-3-19-16-7-8-17(22-21-16)23-9-11-24(12-10-23)18(25)20-15-6-4-5-14(2)13-15/h4-8,13H,3,9-12H2,1-2H3,(H,19,21)(H,20,25). The number of amides is 2. The first-order chi connectivity index (χ1) is 12.2. The van der Waals surface area contributed by atoms with Crippen LogP contribution >= 0.6 is 0 Å². The third kappa shape index (κ3) is 4.37. The fourth-order valence-corrected chi connectivity index (χ4v) is 2.83. The van der Waals surface area contributed by atoms with Gasteiger partial charge in [0.1, 0.15) is 5.82 Å². The van der Waals surface area contributed by atoms with Crippen molar-refractivity contribution in [2.45, 2.75) is 13.8 Å². The van der Waals surface area contributed by atoms with E-state index in [2.05, 4.69) is 25.7 Å². The summed E-state index contributed by atoms with van der Waals surface area (Å²) in [6.45, 7) is 7.67. The summed E-state index contributed by atoms with van der Waals surface area (Å²) in [6, 6.07) is 11.7. The molecule has 2 heterocycles. The van der Waals surface area contributed by atoms with E-state index in [1.165, 1.54) is 0 Å². The number of rotatable bonds is 4. The molecule has 0 bridgehead atoms. The Bertz CT molecular complexity index is 710. The third-order valence-corrected chi connectivity index (χ3v) is 4.17. The van der Waals surface area contributed by atoms with E-state index in [1.54, 1.807) is 0 Å². The first-order valence-electron chi connectivity index (χ1n) is 8.61. The van der Waals surface area contributed by atoms with E-state index >= 15 is 0 Å². The number of hydrogen-bond donors (Lipinski definition) is 2. The number of aryl methyl sites for hydroxylation is 1. The number of benzene rings is 1. The van der Waals surface area contributed by atoms with Crippen LogP contribution in [0, 0.1) is 6.92 Å². The Hall–Kier alpha value is -2.83. The summed E-state index contributed by atoms with van der Waals surface area (Å²) < 4.78 is 0. The molecule has 1 aromatic heterocycles. The Morgan fingerprint density at radius 3 is 2.56 bits per heavy atom. The van der Waals surface area contributed by atoms with Crippen LogP contribution in [-0.4, -0.2) is 53.9 Å². The van der Waals surface area contributed by atoms with Crippen LogP contribution in [0.25, 0.3) is 0 Å². The molecule has 1 saturated heterocycles. The van der Waals surface area contributed by atoms with E-state index in [0.717, 1.165) is 42.5 Å². The van der Waals surface area contributed by atoms with Gasteiger partial charge < -0.3 is 20.4 Å². The number of aromatic nitrogens is 2. The Balaban J connectivity index is 1.53. The highest BCUT2D eigenvalue weighted by molar-refractivity contribution is 5.89. The van der Waals surface area contributed by atoms with Crippen molar-refractivity contribution in [3.8, 4) is 0 Å². The highest BCUT2D eigenvalue weighted by Crippen LogP contribution is 2.16. The fourth-order valence-electron chi connectivity index (χ4n) is 2.83. The number of piperazine rings is 1. The Morgan fingerprint density at radius 2 is 1.92 bits per heavy atom. The second-order valence-electron chi connectivity index (χ2n) is 6.08. The summed E-state index contributed by atoms with van der Waals surface area (Å²) in [5.74, 6) is 1.63. The molecule has 0 spiro atoms. The van der Waals surface area contributed by atoms with Crippen LogP contribution in [0.4, 0.5) is 22.1 Å². The second-order valence-corrected chi connectivity index (χ2v) is 6.08. The summed E-state index contributed by atoms with van der Waals surface area (Å²) >= 11 is 0. The summed E-state index contributed by atoms with van der Waals surface area (Å²) in [6.07, 6.45) is 0. The van der Waals surface area contributed by atoms with Gasteiger partial charge >= 0.3 is 6.03 Å². The van der Waals surface area contributed by atoms with Crippen LogP contribution in [0.2, 0.25) is 0 Å². The second kappa shape index (κ2) is 7.83. The molecule has 1 aliphatic heterocycles. The van der Waals surface area contributed by atoms with Crippen LogP contribution in [0.3, 0.4) is 0 Å². The van der Waals surface area contributed by atoms with Crippen LogP contribution in [0.5, 0.6) is 0 Å². The van der Waals surface area contributed by atoms with Crippen molar-refractivity contribution >= 4 is 23.4 Å². The van der Waals surface area contributed by atoms with Crippen LogP contribution in [0.15, 0.2) is 36.4 Å². The Kier molecular flexibility index (Phi) is 5.33. The lowest BCUT2D eigenvalue weighted by Crippen LogP contribution is -2.50. The van der Waals surface area contributed by atoms with Crippen molar-refractivity contribution in [1.82, 2.24) is 15.1 Å². The number of carbonyl (C=O) groups is 1. The van der Waals surface area contributed by atoms with E-state index in [-0.39, 0.29) is 6.03 Å². The average molecular weight is 340 g/mol. The molecule has 1 aliphatic rings. The molecule has 2 N–H and O–H groups in total. The maximum atomic E-state index is 12.4. The zero-order valence-corrected chi connectivity index (χ0v) is 14.7. The lowest BCUT2D eigenvalue weighted by molar-refractivity contribution is 0.208. The lowest BCUT2D eigenvalue weighted by Gasteiger charge is -2.35. The number of anilines is 3. The maximum Gasteiger partial charge on any atom is 0.321 e. The molecule has 7 heteroatoms. The summed E-state index contributed by atoms with van der Waals surface area (Å²) in [4.78, 5) is 16.4. The molecule has 1 aromatic carbocycles. The first-order valence-corrected chi connectivity index (χ1v) is 8.61. The number of carbonyl (C=O) groups excluding carboxylic acids is 1. The molecule has 2 amide bonds. The minimum absolute atomic E-state index is 0.0566. The van der Waals surface area contributed by atoms with Gasteiger partial charge in [0, 0.05) is 38.4 Å². The average Bonchev–Trinajstić information content (AvgIpc) is 2.63. The zero-order valence-electron chi connectivity index (χ0n) is 14.7. The lowest BCUT2D eigenvalue weighted by atomic mass is 10.2. The monoisotopic (exact) mass is 340 g/mol. The molecule has 0 radical (unpaired) electrons. The normalized spacial score (nSPS) is 14.3. The highest BCUT2D eigenvalue weighted by atomic mass is 16.2. The van der Waals surface area contributed by atoms with E-state index < -0.39 is 0 Å². The summed E-state index contributed by atoms with van der Waals surface area (Å²) in [5, 5.41) is 14.5. The molecule has 1 fully saturated rings. The molecular weight excluding hydrogens is 316 g/mol. The quantitative estimate of drug-likeness (QED) is 0.895. The van der Waals surface area contributed by atoms with E-state index in [4.69, 9.17) is 0 Å². The zero-order chi connectivity index (χ0) is 17.6. The van der Waals surface area contributed by atoms with Crippen LogP contribution in [-0.2, 0) is 0 Å². The van der Waals surface area contributed by atoms with Gasteiger partial charge in [-0.2, -0.15) is 0 Å². The molecule has 0 saturated carbocycles. The highest BCUT2D eigenvalue weighted by Gasteiger charge is 2.22. The SMILES string of the molecule is CCNc1ccc(N2CCN(C(=O)Nc3cccc(C)c3)CC2)nn1. The predicted molar refractivity (Wildman–Crippen MR) is 100 cm³/mol. The van der Waals surface area contributed by atoms with Gasteiger partial charge in [0.15, 0.2) is 5.82 Å². The van der Waals surface area contributed by atoms with Gasteiger partial charge in [0.2, 0.25) is 0 Å². The molecule has 0 aliphatic carbocycles. The third-order valence-electron chi connectivity index (χ3n) is 4.17. The van der Waals surface area contributed by atoms with Crippen LogP contribution < -0.4 is 15.5 Å². The van der Waals surface area contributed by atoms with Crippen molar-refractivity contribution in [1.29, 1.82) is 0 Å². The molecule has 2 aromatic rings. The largest absolute Gasteiger partial charge is 0.369 e. The molecule has 3 rings (SSSR count). The van der Waals surface area contributed by atoms with Gasteiger partial charge in [0.25, 0.3) is 0 Å². The van der Waals surface area contributed by atoms with Gasteiger partial charge in [0.05, 0.1) is 0 Å². The van der Waals surface area contributed by atoms with E-state index in [9.17, 15) is 4.79 Å². The van der Waals surface area contributed by atoms with Crippen molar-refractivity contribution in [3.05, 3.63) is 42.0 Å². The van der Waals surface area contributed by atoms with Gasteiger partial charge in [-0.1, -0.05) is 12.1 Å². The summed E-state index contributed by atoms with van der Waals surface area (Å²) in [5.41, 5.74) is 1.96. The van der Waals surface area contributed by atoms with E-state index in [1.807, 2.05) is 55.1 Å².